The number of benzene rings is 2. The molecule has 2 aromatic carbocycles. The predicted octanol–water partition coefficient (Wildman–Crippen LogP) is 3.59. The van der Waals surface area contributed by atoms with Crippen molar-refractivity contribution >= 4 is 39.3 Å². The van der Waals surface area contributed by atoms with E-state index in [2.05, 4.69) is 33.1 Å². The summed E-state index contributed by atoms with van der Waals surface area (Å²) in [4.78, 5) is 25.4. The van der Waals surface area contributed by atoms with Crippen LogP contribution in [-0.4, -0.2) is 37.4 Å². The average Bonchev–Trinajstić information content (AvgIpc) is 2.60. The number of hydrogen-bond donors (Lipinski definition) is 1. The number of hydrogen-bond acceptors (Lipinski definition) is 2. The van der Waals surface area contributed by atoms with Gasteiger partial charge in [-0.25, -0.2) is 0 Å². The van der Waals surface area contributed by atoms with Crippen LogP contribution >= 0.6 is 27.5 Å². The first-order valence-corrected chi connectivity index (χ1v) is 8.59. The van der Waals surface area contributed by atoms with E-state index < -0.39 is 0 Å². The van der Waals surface area contributed by atoms with Crippen molar-refractivity contribution in [3.05, 3.63) is 68.7 Å². The molecule has 25 heavy (non-hydrogen) atoms. The first kappa shape index (κ1) is 19.0. The summed E-state index contributed by atoms with van der Waals surface area (Å²) < 4.78 is 0.778. The molecule has 2 amide bonds. The van der Waals surface area contributed by atoms with Crippen molar-refractivity contribution in [2.45, 2.75) is 0 Å². The largest absolute Gasteiger partial charge is 0.345 e. The maximum atomic E-state index is 12.1. The van der Waals surface area contributed by atoms with Gasteiger partial charge < -0.3 is 10.2 Å². The second-order valence-electron chi connectivity index (χ2n) is 5.39. The zero-order chi connectivity index (χ0) is 18.4. The minimum atomic E-state index is -0.285. The summed E-state index contributed by atoms with van der Waals surface area (Å²) in [7, 11) is 3.41. The summed E-state index contributed by atoms with van der Waals surface area (Å²) in [6, 6.07) is 12.1. The van der Waals surface area contributed by atoms with Crippen LogP contribution in [0.3, 0.4) is 0 Å². The summed E-state index contributed by atoms with van der Waals surface area (Å²) in [5.41, 5.74) is 1.77. The van der Waals surface area contributed by atoms with Crippen molar-refractivity contribution in [1.29, 1.82) is 0 Å². The second kappa shape index (κ2) is 8.70. The number of carbonyl (C=O) groups is 2. The third-order valence-corrected chi connectivity index (χ3v) is 4.10. The number of nitrogens with zero attached hydrogens (tertiary/aromatic N) is 1. The van der Waals surface area contributed by atoms with Crippen molar-refractivity contribution in [1.82, 2.24) is 10.2 Å². The van der Waals surface area contributed by atoms with E-state index in [0.717, 1.165) is 10.0 Å². The Labute approximate surface area is 160 Å². The lowest BCUT2D eigenvalue weighted by Gasteiger charge is -2.09. The van der Waals surface area contributed by atoms with Crippen molar-refractivity contribution in [2.75, 3.05) is 20.6 Å². The van der Waals surface area contributed by atoms with Crippen LogP contribution in [0.2, 0.25) is 5.02 Å². The van der Waals surface area contributed by atoms with E-state index in [4.69, 9.17) is 11.6 Å². The number of halogens is 2. The van der Waals surface area contributed by atoms with Gasteiger partial charge in [-0.3, -0.25) is 9.59 Å². The van der Waals surface area contributed by atoms with Crippen LogP contribution in [0.25, 0.3) is 0 Å². The first-order chi connectivity index (χ1) is 11.9. The van der Waals surface area contributed by atoms with E-state index in [1.165, 1.54) is 4.90 Å². The summed E-state index contributed by atoms with van der Waals surface area (Å²) >= 11 is 9.32. The Morgan fingerprint density at radius 2 is 1.84 bits per heavy atom. The summed E-state index contributed by atoms with van der Waals surface area (Å²) in [6.45, 7) is 0.194. The molecule has 2 aromatic rings. The Balaban J connectivity index is 1.95. The van der Waals surface area contributed by atoms with Gasteiger partial charge in [-0.2, -0.15) is 0 Å². The zero-order valence-electron chi connectivity index (χ0n) is 13.8. The molecule has 0 fully saturated rings. The van der Waals surface area contributed by atoms with Crippen LogP contribution < -0.4 is 5.32 Å². The summed E-state index contributed by atoms with van der Waals surface area (Å²) in [5.74, 6) is 5.47. The third-order valence-electron chi connectivity index (χ3n) is 3.28. The van der Waals surface area contributed by atoms with Gasteiger partial charge in [-0.1, -0.05) is 39.4 Å². The maximum Gasteiger partial charge on any atom is 0.253 e. The highest BCUT2D eigenvalue weighted by Gasteiger charge is 2.09. The number of carbonyl (C=O) groups excluding carboxylic acids is 2. The van der Waals surface area contributed by atoms with E-state index in [-0.39, 0.29) is 18.4 Å². The fourth-order valence-electron chi connectivity index (χ4n) is 1.99. The molecule has 0 aliphatic rings. The van der Waals surface area contributed by atoms with E-state index in [1.807, 2.05) is 0 Å². The van der Waals surface area contributed by atoms with Gasteiger partial charge in [0.05, 0.1) is 17.1 Å². The molecule has 0 aromatic heterocycles. The Bertz CT molecular complexity index is 852. The first-order valence-electron chi connectivity index (χ1n) is 7.42. The van der Waals surface area contributed by atoms with Crippen LogP contribution in [-0.2, 0) is 0 Å². The molecule has 0 heterocycles. The van der Waals surface area contributed by atoms with E-state index in [1.54, 1.807) is 56.6 Å². The standard InChI is InChI=1S/C19H16BrClN2O2/c1-23(2)19(25)14-7-5-13(6-8-14)4-3-11-22-18(24)16-12-15(20)9-10-17(16)21/h5-10,12H,11H2,1-2H3,(H,22,24). The average molecular weight is 420 g/mol. The minimum Gasteiger partial charge on any atom is -0.345 e. The molecule has 6 heteroatoms. The highest BCUT2D eigenvalue weighted by molar-refractivity contribution is 9.10. The molecule has 0 atom stereocenters. The highest BCUT2D eigenvalue weighted by atomic mass is 79.9. The lowest BCUT2D eigenvalue weighted by molar-refractivity contribution is 0.0827. The predicted molar refractivity (Wildman–Crippen MR) is 103 cm³/mol. The molecule has 128 valence electrons. The van der Waals surface area contributed by atoms with Crippen molar-refractivity contribution < 1.29 is 9.59 Å². The Morgan fingerprint density at radius 3 is 2.48 bits per heavy atom. The van der Waals surface area contributed by atoms with Gasteiger partial charge in [-0.15, -0.1) is 0 Å². The molecule has 0 saturated carbocycles. The molecule has 0 aliphatic carbocycles. The summed E-state index contributed by atoms with van der Waals surface area (Å²) in [6.07, 6.45) is 0. The van der Waals surface area contributed by atoms with Crippen LogP contribution in [0.5, 0.6) is 0 Å². The zero-order valence-corrected chi connectivity index (χ0v) is 16.1. The van der Waals surface area contributed by atoms with Gasteiger partial charge in [0, 0.05) is 29.7 Å². The molecule has 0 bridgehead atoms. The lowest BCUT2D eigenvalue weighted by atomic mass is 10.1. The molecule has 0 saturated heterocycles. The van der Waals surface area contributed by atoms with Crippen LogP contribution in [0.15, 0.2) is 46.9 Å². The monoisotopic (exact) mass is 418 g/mol. The van der Waals surface area contributed by atoms with Crippen molar-refractivity contribution in [2.24, 2.45) is 0 Å². The maximum absolute atomic E-state index is 12.1. The number of amides is 2. The van der Waals surface area contributed by atoms with Gasteiger partial charge in [0.25, 0.3) is 11.8 Å². The van der Waals surface area contributed by atoms with Gasteiger partial charge in [0.15, 0.2) is 0 Å². The Hall–Kier alpha value is -2.29. The molecular weight excluding hydrogens is 404 g/mol. The Morgan fingerprint density at radius 1 is 1.16 bits per heavy atom. The van der Waals surface area contributed by atoms with Crippen LogP contribution in [0.4, 0.5) is 0 Å². The van der Waals surface area contributed by atoms with Gasteiger partial charge in [-0.05, 0) is 42.5 Å². The Kier molecular flexibility index (Phi) is 6.63. The van der Waals surface area contributed by atoms with E-state index in [9.17, 15) is 9.59 Å². The highest BCUT2D eigenvalue weighted by Crippen LogP contribution is 2.20. The SMILES string of the molecule is CN(C)C(=O)c1ccc(C#CCNC(=O)c2cc(Br)ccc2Cl)cc1. The molecule has 4 nitrogen and oxygen atoms in total. The quantitative estimate of drug-likeness (QED) is 0.773. The fraction of sp³-hybridized carbons (Fsp3) is 0.158. The van der Waals surface area contributed by atoms with Crippen LogP contribution in [0, 0.1) is 11.8 Å². The molecular formula is C19H16BrClN2O2. The van der Waals surface area contributed by atoms with E-state index >= 15 is 0 Å². The topological polar surface area (TPSA) is 49.4 Å². The molecule has 0 aliphatic heterocycles. The third kappa shape index (κ3) is 5.35. The van der Waals surface area contributed by atoms with Gasteiger partial charge in [0.2, 0.25) is 0 Å². The van der Waals surface area contributed by atoms with Gasteiger partial charge >= 0.3 is 0 Å². The normalized spacial score (nSPS) is 9.76. The van der Waals surface area contributed by atoms with E-state index in [0.29, 0.717) is 16.1 Å². The lowest BCUT2D eigenvalue weighted by Crippen LogP contribution is -2.23. The molecule has 0 spiro atoms. The molecule has 2 rings (SSSR count). The van der Waals surface area contributed by atoms with Gasteiger partial charge in [0.1, 0.15) is 0 Å². The van der Waals surface area contributed by atoms with Crippen molar-refractivity contribution in [3.63, 3.8) is 0 Å². The smallest absolute Gasteiger partial charge is 0.253 e. The fourth-order valence-corrected chi connectivity index (χ4v) is 2.56. The minimum absolute atomic E-state index is 0.0577. The molecule has 1 N–H and O–H groups in total. The number of rotatable bonds is 3. The summed E-state index contributed by atoms with van der Waals surface area (Å²) in [5, 5.41) is 3.09. The van der Waals surface area contributed by atoms with Crippen molar-refractivity contribution in [3.8, 4) is 11.8 Å². The number of nitrogens with one attached hydrogen (secondary N) is 1. The molecule has 0 unspecified atom stereocenters. The molecule has 0 radical (unpaired) electrons. The second-order valence-corrected chi connectivity index (χ2v) is 6.71. The van der Waals surface area contributed by atoms with Crippen LogP contribution in [0.1, 0.15) is 26.3 Å².